The fourth-order valence-electron chi connectivity index (χ4n) is 3.08. The van der Waals surface area contributed by atoms with Gasteiger partial charge in [-0.1, -0.05) is 72.8 Å². The molecule has 0 bridgehead atoms. The third kappa shape index (κ3) is 3.07. The molecule has 0 saturated heterocycles. The molecule has 0 aromatic heterocycles. The van der Waals surface area contributed by atoms with E-state index in [1.165, 1.54) is 0 Å². The smallest absolute Gasteiger partial charge is 0.170 e. The van der Waals surface area contributed by atoms with Crippen LogP contribution in [0.4, 0.5) is 0 Å². The van der Waals surface area contributed by atoms with E-state index in [1.807, 2.05) is 72.8 Å². The summed E-state index contributed by atoms with van der Waals surface area (Å²) in [7, 11) is 0. The minimum atomic E-state index is -0.149. The number of fused-ring (bicyclic) bond motifs is 2. The van der Waals surface area contributed by atoms with Crippen molar-refractivity contribution in [3.63, 3.8) is 0 Å². The first kappa shape index (κ1) is 15.3. The van der Waals surface area contributed by atoms with Crippen LogP contribution in [-0.4, -0.2) is 11.6 Å². The van der Waals surface area contributed by atoms with Crippen molar-refractivity contribution >= 4 is 33.1 Å². The predicted octanol–water partition coefficient (Wildman–Crippen LogP) is 5.45. The van der Waals surface area contributed by atoms with Crippen molar-refractivity contribution in [1.82, 2.24) is 0 Å². The third-order valence-electron chi connectivity index (χ3n) is 4.46. The zero-order valence-electron chi connectivity index (χ0n) is 13.6. The molecule has 25 heavy (non-hydrogen) atoms. The highest BCUT2D eigenvalue weighted by atomic mass is 16.1. The van der Waals surface area contributed by atoms with Crippen LogP contribution in [0.2, 0.25) is 0 Å². The third-order valence-corrected chi connectivity index (χ3v) is 4.46. The van der Waals surface area contributed by atoms with Gasteiger partial charge in [-0.05, 0) is 33.7 Å². The van der Waals surface area contributed by atoms with Gasteiger partial charge in [-0.15, -0.1) is 0 Å². The van der Waals surface area contributed by atoms with Crippen molar-refractivity contribution in [3.8, 4) is 0 Å². The summed E-state index contributed by atoms with van der Waals surface area (Å²) in [5, 5.41) is 4.18. The highest BCUT2D eigenvalue weighted by Crippen LogP contribution is 2.19. The van der Waals surface area contributed by atoms with Crippen LogP contribution < -0.4 is 0 Å². The number of carbonyl (C=O) groups is 2. The van der Waals surface area contributed by atoms with Crippen LogP contribution >= 0.6 is 0 Å². The number of rotatable bonds is 4. The summed E-state index contributed by atoms with van der Waals surface area (Å²) < 4.78 is 0. The first-order valence-corrected chi connectivity index (χ1v) is 8.25. The van der Waals surface area contributed by atoms with E-state index in [9.17, 15) is 9.59 Å². The Bertz CT molecular complexity index is 1020. The van der Waals surface area contributed by atoms with Gasteiger partial charge >= 0.3 is 0 Å². The molecule has 0 aliphatic heterocycles. The van der Waals surface area contributed by atoms with Crippen molar-refractivity contribution in [1.29, 1.82) is 0 Å². The number of hydrogen-bond donors (Lipinski definition) is 0. The number of hydrogen-bond acceptors (Lipinski definition) is 2. The summed E-state index contributed by atoms with van der Waals surface area (Å²) in [4.78, 5) is 25.0. The average molecular weight is 324 g/mol. The molecule has 0 fully saturated rings. The molecule has 0 amide bonds. The highest BCUT2D eigenvalue weighted by molar-refractivity contribution is 6.15. The van der Waals surface area contributed by atoms with Crippen molar-refractivity contribution < 1.29 is 9.59 Å². The van der Waals surface area contributed by atoms with Gasteiger partial charge in [0.15, 0.2) is 11.6 Å². The molecular weight excluding hydrogens is 308 g/mol. The molecule has 0 unspecified atom stereocenters. The largest absolute Gasteiger partial charge is 0.294 e. The predicted molar refractivity (Wildman–Crippen MR) is 101 cm³/mol. The lowest BCUT2D eigenvalue weighted by molar-refractivity contribution is 0.0894. The van der Waals surface area contributed by atoms with E-state index in [-0.39, 0.29) is 18.0 Å². The minimum absolute atomic E-state index is 0.114. The zero-order valence-corrected chi connectivity index (χ0v) is 13.6. The lowest BCUT2D eigenvalue weighted by Gasteiger charge is -2.05. The van der Waals surface area contributed by atoms with Crippen molar-refractivity contribution in [2.24, 2.45) is 0 Å². The summed E-state index contributed by atoms with van der Waals surface area (Å²) >= 11 is 0. The van der Waals surface area contributed by atoms with E-state index in [0.717, 1.165) is 21.5 Å². The van der Waals surface area contributed by atoms with E-state index in [4.69, 9.17) is 0 Å². The van der Waals surface area contributed by atoms with Gasteiger partial charge in [-0.2, -0.15) is 0 Å². The molecule has 0 aliphatic carbocycles. The SMILES string of the molecule is O=C(CC(=O)c1ccc2ccccc2c1)c1ccc2ccccc2c1. The number of Topliss-reactive ketones (excluding diaryl/α,β-unsaturated/α-hetero) is 2. The van der Waals surface area contributed by atoms with Crippen LogP contribution in [-0.2, 0) is 0 Å². The molecule has 0 saturated carbocycles. The Morgan fingerprint density at radius 3 is 1.36 bits per heavy atom. The second-order valence-corrected chi connectivity index (χ2v) is 6.15. The molecule has 120 valence electrons. The average Bonchev–Trinajstić information content (AvgIpc) is 2.67. The minimum Gasteiger partial charge on any atom is -0.294 e. The van der Waals surface area contributed by atoms with E-state index >= 15 is 0 Å². The Balaban J connectivity index is 1.58. The van der Waals surface area contributed by atoms with E-state index < -0.39 is 0 Å². The Kier molecular flexibility index (Phi) is 3.87. The maximum Gasteiger partial charge on any atom is 0.170 e. The molecular formula is C23H16O2. The maximum atomic E-state index is 12.5. The molecule has 0 spiro atoms. The summed E-state index contributed by atoms with van der Waals surface area (Å²) in [5.74, 6) is -0.298. The van der Waals surface area contributed by atoms with Crippen molar-refractivity contribution in [2.75, 3.05) is 0 Å². The number of carbonyl (C=O) groups excluding carboxylic acids is 2. The highest BCUT2D eigenvalue weighted by Gasteiger charge is 2.14. The molecule has 0 N–H and O–H groups in total. The summed E-state index contributed by atoms with van der Waals surface area (Å²) in [6, 6.07) is 26.9. The van der Waals surface area contributed by atoms with Crippen LogP contribution in [0.3, 0.4) is 0 Å². The van der Waals surface area contributed by atoms with Crippen LogP contribution in [0.1, 0.15) is 27.1 Å². The molecule has 0 heterocycles. The van der Waals surface area contributed by atoms with E-state index in [1.54, 1.807) is 12.1 Å². The van der Waals surface area contributed by atoms with Gasteiger partial charge in [0.2, 0.25) is 0 Å². The van der Waals surface area contributed by atoms with E-state index in [2.05, 4.69) is 0 Å². The lowest BCUT2D eigenvalue weighted by atomic mass is 9.98. The summed E-state index contributed by atoms with van der Waals surface area (Å²) in [6.07, 6.45) is -0.114. The molecule has 0 atom stereocenters. The zero-order chi connectivity index (χ0) is 17.2. The van der Waals surface area contributed by atoms with Crippen molar-refractivity contribution in [3.05, 3.63) is 96.1 Å². The Labute approximate surface area is 145 Å². The topological polar surface area (TPSA) is 34.1 Å². The number of benzene rings is 4. The fraction of sp³-hybridized carbons (Fsp3) is 0.0435. The lowest BCUT2D eigenvalue weighted by Crippen LogP contribution is -2.08. The normalized spacial score (nSPS) is 10.9. The molecule has 4 aromatic carbocycles. The van der Waals surface area contributed by atoms with Gasteiger partial charge in [-0.25, -0.2) is 0 Å². The van der Waals surface area contributed by atoms with Gasteiger partial charge in [-0.3, -0.25) is 9.59 Å². The Hall–Kier alpha value is -3.26. The van der Waals surface area contributed by atoms with Crippen molar-refractivity contribution in [2.45, 2.75) is 6.42 Å². The van der Waals surface area contributed by atoms with E-state index in [0.29, 0.717) is 11.1 Å². The quantitative estimate of drug-likeness (QED) is 0.369. The molecule has 2 nitrogen and oxygen atoms in total. The Morgan fingerprint density at radius 2 is 0.920 bits per heavy atom. The molecule has 4 aromatic rings. The number of ketones is 2. The van der Waals surface area contributed by atoms with Gasteiger partial charge < -0.3 is 0 Å². The Morgan fingerprint density at radius 1 is 0.520 bits per heavy atom. The van der Waals surface area contributed by atoms with Gasteiger partial charge in [0.05, 0.1) is 6.42 Å². The first-order chi connectivity index (χ1) is 12.2. The van der Waals surface area contributed by atoms with Crippen LogP contribution in [0.15, 0.2) is 84.9 Å². The first-order valence-electron chi connectivity index (χ1n) is 8.25. The second kappa shape index (κ2) is 6.33. The van der Waals surface area contributed by atoms with Gasteiger partial charge in [0.1, 0.15) is 0 Å². The monoisotopic (exact) mass is 324 g/mol. The van der Waals surface area contributed by atoms with Gasteiger partial charge in [0.25, 0.3) is 0 Å². The molecule has 0 aliphatic rings. The van der Waals surface area contributed by atoms with Crippen LogP contribution in [0, 0.1) is 0 Å². The molecule has 0 radical (unpaired) electrons. The van der Waals surface area contributed by atoms with Crippen LogP contribution in [0.25, 0.3) is 21.5 Å². The maximum absolute atomic E-state index is 12.5. The molecule has 4 rings (SSSR count). The summed E-state index contributed by atoms with van der Waals surface area (Å²) in [5.41, 5.74) is 1.15. The standard InChI is InChI=1S/C23H16O2/c24-22(20-11-9-16-5-1-3-7-18(16)13-20)15-23(25)21-12-10-17-6-2-4-8-19(17)14-21/h1-14H,15H2. The second-order valence-electron chi connectivity index (χ2n) is 6.15. The fourth-order valence-corrected chi connectivity index (χ4v) is 3.08. The summed E-state index contributed by atoms with van der Waals surface area (Å²) in [6.45, 7) is 0. The van der Waals surface area contributed by atoms with Crippen LogP contribution in [0.5, 0.6) is 0 Å². The molecule has 2 heteroatoms. The van der Waals surface area contributed by atoms with Gasteiger partial charge in [0, 0.05) is 11.1 Å².